The lowest BCUT2D eigenvalue weighted by atomic mass is 10.1. The van der Waals surface area contributed by atoms with E-state index in [9.17, 15) is 8.78 Å². The van der Waals surface area contributed by atoms with Crippen LogP contribution in [0, 0.1) is 0 Å². The zero-order valence-electron chi connectivity index (χ0n) is 9.21. The number of benzene rings is 1. The van der Waals surface area contributed by atoms with Crippen LogP contribution in [0.5, 0.6) is 0 Å². The summed E-state index contributed by atoms with van der Waals surface area (Å²) in [5.74, 6) is -3.06. The van der Waals surface area contributed by atoms with E-state index in [1.54, 1.807) is 0 Å². The molecule has 0 saturated heterocycles. The van der Waals surface area contributed by atoms with Crippen molar-refractivity contribution in [3.05, 3.63) is 36.0 Å². The Balaban J connectivity index is 2.02. The van der Waals surface area contributed by atoms with E-state index in [-0.39, 0.29) is 0 Å². The summed E-state index contributed by atoms with van der Waals surface area (Å²) in [6.07, 6.45) is 1.82. The summed E-state index contributed by atoms with van der Waals surface area (Å²) in [5.41, 5.74) is 1.94. The Morgan fingerprint density at radius 3 is 2.88 bits per heavy atom. The van der Waals surface area contributed by atoms with Gasteiger partial charge in [-0.3, -0.25) is 0 Å². The van der Waals surface area contributed by atoms with Gasteiger partial charge in [-0.05, 0) is 17.7 Å². The van der Waals surface area contributed by atoms with Gasteiger partial charge in [-0.1, -0.05) is 12.1 Å². The second-order valence-corrected chi connectivity index (χ2v) is 3.97. The van der Waals surface area contributed by atoms with E-state index in [1.165, 1.54) is 0 Å². The highest BCUT2D eigenvalue weighted by atomic mass is 19.3. The summed E-state index contributed by atoms with van der Waals surface area (Å²) in [7, 11) is 0. The number of hydrogen-bond donors (Lipinski definition) is 3. The summed E-state index contributed by atoms with van der Waals surface area (Å²) in [4.78, 5) is 3.06. The molecule has 0 aliphatic carbocycles. The van der Waals surface area contributed by atoms with E-state index in [4.69, 9.17) is 5.11 Å². The largest absolute Gasteiger partial charge is 0.390 e. The van der Waals surface area contributed by atoms with E-state index >= 15 is 0 Å². The Labute approximate surface area is 97.5 Å². The second-order valence-electron chi connectivity index (χ2n) is 3.97. The number of rotatable bonds is 5. The molecule has 0 radical (unpaired) electrons. The molecule has 3 N–H and O–H groups in total. The molecule has 1 aromatic heterocycles. The number of aliphatic hydroxyl groups is 1. The van der Waals surface area contributed by atoms with Crippen LogP contribution in [0.4, 0.5) is 8.78 Å². The molecule has 1 aromatic carbocycles. The van der Waals surface area contributed by atoms with E-state index < -0.39 is 19.1 Å². The van der Waals surface area contributed by atoms with Crippen LogP contribution in [0.1, 0.15) is 5.56 Å². The molecule has 3 nitrogen and oxygen atoms in total. The summed E-state index contributed by atoms with van der Waals surface area (Å²) < 4.78 is 25.6. The van der Waals surface area contributed by atoms with Crippen LogP contribution >= 0.6 is 0 Å². The van der Waals surface area contributed by atoms with Crippen LogP contribution in [0.25, 0.3) is 10.9 Å². The van der Waals surface area contributed by atoms with Crippen LogP contribution in [0.15, 0.2) is 30.5 Å². The van der Waals surface area contributed by atoms with Crippen LogP contribution < -0.4 is 5.32 Å². The Hall–Kier alpha value is -1.46. The first-order chi connectivity index (χ1) is 8.12. The number of halogens is 2. The Morgan fingerprint density at radius 2 is 2.12 bits per heavy atom. The summed E-state index contributed by atoms with van der Waals surface area (Å²) in [5, 5.41) is 12.1. The minimum absolute atomic E-state index is 0.352. The van der Waals surface area contributed by atoms with Crippen molar-refractivity contribution in [2.24, 2.45) is 0 Å². The predicted octanol–water partition coefficient (Wildman–Crippen LogP) is 1.89. The van der Waals surface area contributed by atoms with Gasteiger partial charge in [-0.25, -0.2) is 8.78 Å². The normalized spacial score (nSPS) is 12.2. The van der Waals surface area contributed by atoms with Crippen molar-refractivity contribution in [1.29, 1.82) is 0 Å². The van der Waals surface area contributed by atoms with Crippen molar-refractivity contribution in [2.45, 2.75) is 12.5 Å². The molecule has 92 valence electrons. The second kappa shape index (κ2) is 4.81. The number of nitrogens with one attached hydrogen (secondary N) is 2. The van der Waals surface area contributed by atoms with Crippen molar-refractivity contribution < 1.29 is 13.9 Å². The maximum atomic E-state index is 12.8. The van der Waals surface area contributed by atoms with Gasteiger partial charge in [0.1, 0.15) is 6.61 Å². The predicted molar refractivity (Wildman–Crippen MR) is 62.0 cm³/mol. The molecule has 0 unspecified atom stereocenters. The SMILES string of the molecule is OCC(F)(F)CNCc1cccc2[nH]ccc12. The van der Waals surface area contributed by atoms with Gasteiger partial charge in [0.05, 0.1) is 6.54 Å². The van der Waals surface area contributed by atoms with Gasteiger partial charge in [-0.15, -0.1) is 0 Å². The van der Waals surface area contributed by atoms with Crippen molar-refractivity contribution in [3.63, 3.8) is 0 Å². The molecule has 0 atom stereocenters. The molecular formula is C12H14F2N2O. The number of fused-ring (bicyclic) bond motifs is 1. The van der Waals surface area contributed by atoms with Crippen molar-refractivity contribution >= 4 is 10.9 Å². The first kappa shape index (κ1) is 12.0. The quantitative estimate of drug-likeness (QED) is 0.747. The lowest BCUT2D eigenvalue weighted by molar-refractivity contribution is -0.0477. The number of aromatic amines is 1. The van der Waals surface area contributed by atoms with Crippen LogP contribution in [-0.2, 0) is 6.54 Å². The fourth-order valence-corrected chi connectivity index (χ4v) is 1.74. The molecule has 0 spiro atoms. The molecule has 0 saturated carbocycles. The molecule has 2 aromatic rings. The van der Waals surface area contributed by atoms with E-state index in [0.29, 0.717) is 6.54 Å². The van der Waals surface area contributed by atoms with Gasteiger partial charge in [0.2, 0.25) is 0 Å². The van der Waals surface area contributed by atoms with Gasteiger partial charge in [0.15, 0.2) is 0 Å². The highest BCUT2D eigenvalue weighted by molar-refractivity contribution is 5.82. The number of aromatic nitrogens is 1. The molecular weight excluding hydrogens is 226 g/mol. The topological polar surface area (TPSA) is 48.0 Å². The Kier molecular flexibility index (Phi) is 3.40. The highest BCUT2D eigenvalue weighted by Crippen LogP contribution is 2.17. The van der Waals surface area contributed by atoms with Gasteiger partial charge in [0.25, 0.3) is 5.92 Å². The standard InChI is InChI=1S/C12H14F2N2O/c13-12(14,8-17)7-15-6-9-2-1-3-11-10(9)4-5-16-11/h1-5,15-17H,6-8H2. The maximum Gasteiger partial charge on any atom is 0.282 e. The van der Waals surface area contributed by atoms with E-state index in [0.717, 1.165) is 16.5 Å². The number of alkyl halides is 2. The van der Waals surface area contributed by atoms with E-state index in [2.05, 4.69) is 10.3 Å². The third kappa shape index (κ3) is 2.81. The Bertz CT molecular complexity index is 496. The average molecular weight is 240 g/mol. The maximum absolute atomic E-state index is 12.8. The van der Waals surface area contributed by atoms with Crippen LogP contribution in [0.3, 0.4) is 0 Å². The minimum Gasteiger partial charge on any atom is -0.390 e. The zero-order valence-corrected chi connectivity index (χ0v) is 9.21. The smallest absolute Gasteiger partial charge is 0.282 e. The van der Waals surface area contributed by atoms with Gasteiger partial charge in [0, 0.05) is 23.6 Å². The van der Waals surface area contributed by atoms with E-state index in [1.807, 2.05) is 30.5 Å². The lowest BCUT2D eigenvalue weighted by Gasteiger charge is -2.14. The first-order valence-corrected chi connectivity index (χ1v) is 5.37. The number of hydrogen-bond acceptors (Lipinski definition) is 2. The van der Waals surface area contributed by atoms with Gasteiger partial charge in [-0.2, -0.15) is 0 Å². The van der Waals surface area contributed by atoms with Crippen LogP contribution in [0.2, 0.25) is 0 Å². The monoisotopic (exact) mass is 240 g/mol. The molecule has 17 heavy (non-hydrogen) atoms. The molecule has 2 rings (SSSR count). The van der Waals surface area contributed by atoms with Crippen molar-refractivity contribution in [2.75, 3.05) is 13.2 Å². The fourth-order valence-electron chi connectivity index (χ4n) is 1.74. The summed E-state index contributed by atoms with van der Waals surface area (Å²) >= 11 is 0. The molecule has 0 bridgehead atoms. The molecule has 0 aliphatic rings. The third-order valence-electron chi connectivity index (χ3n) is 2.62. The van der Waals surface area contributed by atoms with Gasteiger partial charge >= 0.3 is 0 Å². The lowest BCUT2D eigenvalue weighted by Crippen LogP contribution is -2.35. The molecule has 1 heterocycles. The van der Waals surface area contributed by atoms with Crippen LogP contribution in [-0.4, -0.2) is 29.2 Å². The average Bonchev–Trinajstić information content (AvgIpc) is 2.78. The van der Waals surface area contributed by atoms with Gasteiger partial charge < -0.3 is 15.4 Å². The van der Waals surface area contributed by atoms with Crippen molar-refractivity contribution in [3.8, 4) is 0 Å². The summed E-state index contributed by atoms with van der Waals surface area (Å²) in [6, 6.07) is 7.61. The first-order valence-electron chi connectivity index (χ1n) is 5.37. The third-order valence-corrected chi connectivity index (χ3v) is 2.62. The highest BCUT2D eigenvalue weighted by Gasteiger charge is 2.26. The minimum atomic E-state index is -3.06. The summed E-state index contributed by atoms with van der Waals surface area (Å²) in [6.45, 7) is -1.30. The Morgan fingerprint density at radius 1 is 1.29 bits per heavy atom. The molecule has 5 heteroatoms. The molecule has 0 amide bonds. The van der Waals surface area contributed by atoms with Crippen molar-refractivity contribution in [1.82, 2.24) is 10.3 Å². The number of H-pyrrole nitrogens is 1. The fraction of sp³-hybridized carbons (Fsp3) is 0.333. The molecule has 0 aliphatic heterocycles. The molecule has 0 fully saturated rings. The number of aliphatic hydroxyl groups excluding tert-OH is 1. The zero-order chi connectivity index (χ0) is 12.3.